The first-order valence-electron chi connectivity index (χ1n) is 9.94. The number of hydrogen-bond acceptors (Lipinski definition) is 5. The third kappa shape index (κ3) is 8.39. The fraction of sp³-hybridized carbons (Fsp3) is 0.318. The third-order valence-corrected chi connectivity index (χ3v) is 5.36. The van der Waals surface area contributed by atoms with Crippen molar-refractivity contribution in [2.45, 2.75) is 18.6 Å². The minimum Gasteiger partial charge on any atom is -0.480 e. The highest BCUT2D eigenvalue weighted by Crippen LogP contribution is 2.40. The van der Waals surface area contributed by atoms with E-state index in [4.69, 9.17) is 42.9 Å². The number of benzene rings is 2. The minimum absolute atomic E-state index is 0.0265. The number of fused-ring (bicyclic) bond motifs is 1. The van der Waals surface area contributed by atoms with E-state index < -0.39 is 30.6 Å². The predicted molar refractivity (Wildman–Crippen MR) is 122 cm³/mol. The van der Waals surface area contributed by atoms with Gasteiger partial charge in [-0.25, -0.2) is 9.59 Å². The van der Waals surface area contributed by atoms with Crippen molar-refractivity contribution in [1.82, 2.24) is 4.90 Å². The Hall–Kier alpha value is -2.86. The topological polar surface area (TPSA) is 116 Å². The minimum atomic E-state index is -5.08. The molecule has 0 radical (unpaired) electrons. The highest BCUT2D eigenvalue weighted by Gasteiger charge is 2.38. The van der Waals surface area contributed by atoms with Crippen LogP contribution in [0.15, 0.2) is 36.4 Å². The molecular formula is C22H21Cl2F3N2O6. The Morgan fingerprint density at radius 2 is 1.74 bits per heavy atom. The molecule has 1 heterocycles. The standard InChI is InChI=1S/C20H20Cl2N2O4.C2HF3O2/c1-24-8-15(14-6-12(21)7-17(22)16(14)9-24)13-4-2-3-5-18(13)23-19(25)10-28-11-20(26)27;3-2(4,5)1(6)7/h2-7,15H,8-11H2,1H3,(H,23,25)(H,26,27);(H,6,7)/t15-;/m0./s1. The number of aliphatic carboxylic acids is 2. The van der Waals surface area contributed by atoms with Crippen LogP contribution < -0.4 is 5.32 Å². The number of rotatable bonds is 6. The molecule has 1 aliphatic heterocycles. The molecule has 0 unspecified atom stereocenters. The van der Waals surface area contributed by atoms with Crippen LogP contribution >= 0.6 is 23.2 Å². The van der Waals surface area contributed by atoms with Gasteiger partial charge in [0.2, 0.25) is 5.91 Å². The number of carbonyl (C=O) groups is 3. The van der Waals surface area contributed by atoms with Gasteiger partial charge in [-0.3, -0.25) is 4.79 Å². The van der Waals surface area contributed by atoms with Gasteiger partial charge in [0.1, 0.15) is 13.2 Å². The maximum Gasteiger partial charge on any atom is 0.490 e. The van der Waals surface area contributed by atoms with E-state index >= 15 is 0 Å². The highest BCUT2D eigenvalue weighted by molar-refractivity contribution is 6.35. The van der Waals surface area contributed by atoms with Crippen LogP contribution in [0.25, 0.3) is 0 Å². The summed E-state index contributed by atoms with van der Waals surface area (Å²) in [5.41, 5.74) is 3.64. The summed E-state index contributed by atoms with van der Waals surface area (Å²) in [6, 6.07) is 11.2. The molecule has 13 heteroatoms. The number of anilines is 1. The third-order valence-electron chi connectivity index (χ3n) is 4.80. The number of likely N-dealkylation sites (N-methyl/N-ethyl adjacent to an activating group) is 1. The second-order valence-electron chi connectivity index (χ2n) is 7.53. The monoisotopic (exact) mass is 536 g/mol. The van der Waals surface area contributed by atoms with Crippen molar-refractivity contribution in [2.75, 3.05) is 32.1 Å². The molecule has 1 aliphatic rings. The maximum atomic E-state index is 12.2. The number of amides is 1. The Morgan fingerprint density at radius 3 is 2.34 bits per heavy atom. The van der Waals surface area contributed by atoms with Crippen molar-refractivity contribution in [3.63, 3.8) is 0 Å². The van der Waals surface area contributed by atoms with Crippen molar-refractivity contribution in [3.05, 3.63) is 63.1 Å². The van der Waals surface area contributed by atoms with Crippen LogP contribution in [-0.4, -0.2) is 65.9 Å². The van der Waals surface area contributed by atoms with Crippen molar-refractivity contribution in [2.24, 2.45) is 0 Å². The van der Waals surface area contributed by atoms with Crippen molar-refractivity contribution >= 4 is 46.7 Å². The number of nitrogens with one attached hydrogen (secondary N) is 1. The number of nitrogens with zero attached hydrogens (tertiary/aromatic N) is 1. The molecule has 0 saturated heterocycles. The first-order chi connectivity index (χ1) is 16.3. The molecule has 0 aliphatic carbocycles. The van der Waals surface area contributed by atoms with E-state index in [1.165, 1.54) is 0 Å². The molecular weight excluding hydrogens is 516 g/mol. The number of para-hydroxylation sites is 1. The molecule has 1 amide bonds. The predicted octanol–water partition coefficient (Wildman–Crippen LogP) is 4.24. The molecule has 190 valence electrons. The summed E-state index contributed by atoms with van der Waals surface area (Å²) in [6.07, 6.45) is -5.08. The lowest BCUT2D eigenvalue weighted by Gasteiger charge is -2.34. The fourth-order valence-corrected chi connectivity index (χ4v) is 4.01. The zero-order valence-corrected chi connectivity index (χ0v) is 19.7. The van der Waals surface area contributed by atoms with Crippen LogP contribution in [0.3, 0.4) is 0 Å². The van der Waals surface area contributed by atoms with Gasteiger partial charge in [0.05, 0.1) is 0 Å². The number of alkyl halides is 3. The maximum absolute atomic E-state index is 12.2. The summed E-state index contributed by atoms with van der Waals surface area (Å²) >= 11 is 12.7. The van der Waals surface area contributed by atoms with E-state index in [9.17, 15) is 22.8 Å². The Morgan fingerprint density at radius 1 is 1.11 bits per heavy atom. The van der Waals surface area contributed by atoms with E-state index in [0.29, 0.717) is 15.7 Å². The Labute approximate surface area is 208 Å². The zero-order chi connectivity index (χ0) is 26.3. The van der Waals surface area contributed by atoms with Gasteiger partial charge in [-0.15, -0.1) is 0 Å². The largest absolute Gasteiger partial charge is 0.490 e. The average molecular weight is 537 g/mol. The molecule has 0 aromatic heterocycles. The van der Waals surface area contributed by atoms with Crippen molar-refractivity contribution < 1.29 is 42.5 Å². The Bertz CT molecular complexity index is 1100. The second-order valence-corrected chi connectivity index (χ2v) is 8.37. The van der Waals surface area contributed by atoms with Gasteiger partial charge in [0.25, 0.3) is 0 Å². The normalized spacial score (nSPS) is 15.4. The zero-order valence-electron chi connectivity index (χ0n) is 18.2. The first kappa shape index (κ1) is 28.4. The Kier molecular flexibility index (Phi) is 9.90. The molecule has 2 aromatic rings. The second kappa shape index (κ2) is 12.2. The molecule has 0 fully saturated rings. The molecule has 0 bridgehead atoms. The van der Waals surface area contributed by atoms with E-state index in [1.807, 2.05) is 37.4 Å². The number of hydrogen-bond donors (Lipinski definition) is 3. The van der Waals surface area contributed by atoms with Gasteiger partial charge in [0, 0.05) is 34.7 Å². The average Bonchev–Trinajstić information content (AvgIpc) is 2.74. The van der Waals surface area contributed by atoms with Crippen LogP contribution in [0.1, 0.15) is 22.6 Å². The highest BCUT2D eigenvalue weighted by atomic mass is 35.5. The van der Waals surface area contributed by atoms with Crippen LogP contribution in [0, 0.1) is 0 Å². The number of halogens is 5. The van der Waals surface area contributed by atoms with E-state index in [2.05, 4.69) is 10.2 Å². The van der Waals surface area contributed by atoms with Gasteiger partial charge < -0.3 is 25.2 Å². The van der Waals surface area contributed by atoms with Crippen molar-refractivity contribution in [3.8, 4) is 0 Å². The van der Waals surface area contributed by atoms with Crippen LogP contribution in [-0.2, 0) is 25.7 Å². The lowest BCUT2D eigenvalue weighted by molar-refractivity contribution is -0.192. The summed E-state index contributed by atoms with van der Waals surface area (Å²) < 4.78 is 36.6. The van der Waals surface area contributed by atoms with Crippen LogP contribution in [0.5, 0.6) is 0 Å². The smallest absolute Gasteiger partial charge is 0.480 e. The van der Waals surface area contributed by atoms with E-state index in [1.54, 1.807) is 6.07 Å². The van der Waals surface area contributed by atoms with Gasteiger partial charge in [-0.2, -0.15) is 13.2 Å². The number of carboxylic acid groups (broad SMARTS) is 2. The van der Waals surface area contributed by atoms with E-state index in [-0.39, 0.29) is 12.5 Å². The summed E-state index contributed by atoms with van der Waals surface area (Å²) in [5.74, 6) is -4.32. The van der Waals surface area contributed by atoms with Crippen LogP contribution in [0.2, 0.25) is 10.0 Å². The lowest BCUT2D eigenvalue weighted by Crippen LogP contribution is -2.32. The molecule has 35 heavy (non-hydrogen) atoms. The SMILES string of the molecule is CN1Cc2c(Cl)cc(Cl)cc2[C@H](c2ccccc2NC(=O)COCC(=O)O)C1.O=C(O)C(F)(F)F. The lowest BCUT2D eigenvalue weighted by atomic mass is 9.84. The fourth-order valence-electron chi connectivity index (χ4n) is 3.44. The molecule has 1 atom stereocenters. The van der Waals surface area contributed by atoms with Gasteiger partial charge in [-0.05, 0) is 41.9 Å². The summed E-state index contributed by atoms with van der Waals surface area (Å²) in [6.45, 7) is 0.609. The molecule has 8 nitrogen and oxygen atoms in total. The summed E-state index contributed by atoms with van der Waals surface area (Å²) in [5, 5.41) is 19.7. The van der Waals surface area contributed by atoms with Gasteiger partial charge >= 0.3 is 18.1 Å². The quantitative estimate of drug-likeness (QED) is 0.505. The van der Waals surface area contributed by atoms with Crippen molar-refractivity contribution in [1.29, 1.82) is 0 Å². The molecule has 0 spiro atoms. The molecule has 2 aromatic carbocycles. The van der Waals surface area contributed by atoms with Gasteiger partial charge in [0.15, 0.2) is 0 Å². The molecule has 3 rings (SSSR count). The summed E-state index contributed by atoms with van der Waals surface area (Å²) in [4.78, 5) is 33.7. The molecule has 0 saturated carbocycles. The van der Waals surface area contributed by atoms with E-state index in [0.717, 1.165) is 29.8 Å². The summed E-state index contributed by atoms with van der Waals surface area (Å²) in [7, 11) is 2.02. The number of ether oxygens (including phenoxy) is 1. The van der Waals surface area contributed by atoms with Crippen LogP contribution in [0.4, 0.5) is 18.9 Å². The molecule has 3 N–H and O–H groups in total. The number of carbonyl (C=O) groups excluding carboxylic acids is 1. The number of carboxylic acids is 2. The Balaban J connectivity index is 0.000000540. The van der Waals surface area contributed by atoms with Gasteiger partial charge in [-0.1, -0.05) is 41.4 Å². The first-order valence-corrected chi connectivity index (χ1v) is 10.7.